The SMILES string of the molecule is C=CC(C/C=C\COC(=O)CCN(CC)CCCN(CCC)CCO)CC/C=C/COC(=O)CCCC. The number of carbonyl (C=O) groups excluding carboxylic acids is 2. The number of unbranched alkanes of at least 4 members (excludes halogenated alkanes) is 1. The summed E-state index contributed by atoms with van der Waals surface area (Å²) in [4.78, 5) is 28.1. The molecule has 7 nitrogen and oxygen atoms in total. The van der Waals surface area contributed by atoms with Gasteiger partial charge in [0.05, 0.1) is 13.0 Å². The minimum atomic E-state index is -0.170. The lowest BCUT2D eigenvalue weighted by Gasteiger charge is -2.24. The number of carbonyl (C=O) groups is 2. The molecule has 7 heteroatoms. The van der Waals surface area contributed by atoms with Crippen LogP contribution in [0.2, 0.25) is 0 Å². The molecule has 1 N–H and O–H groups in total. The van der Waals surface area contributed by atoms with E-state index in [0.29, 0.717) is 38.5 Å². The highest BCUT2D eigenvalue weighted by molar-refractivity contribution is 5.69. The fourth-order valence-electron chi connectivity index (χ4n) is 3.90. The number of aliphatic hydroxyl groups excluding tert-OH is 1. The van der Waals surface area contributed by atoms with E-state index in [0.717, 1.165) is 77.7 Å². The molecule has 0 fully saturated rings. The Morgan fingerprint density at radius 1 is 0.811 bits per heavy atom. The van der Waals surface area contributed by atoms with E-state index in [1.807, 2.05) is 30.4 Å². The molecule has 0 bridgehead atoms. The number of esters is 2. The van der Waals surface area contributed by atoms with Gasteiger partial charge in [-0.3, -0.25) is 9.59 Å². The Morgan fingerprint density at radius 2 is 1.49 bits per heavy atom. The molecule has 0 radical (unpaired) electrons. The summed E-state index contributed by atoms with van der Waals surface area (Å²) in [5.41, 5.74) is 0. The zero-order valence-corrected chi connectivity index (χ0v) is 23.9. The number of hydrogen-bond acceptors (Lipinski definition) is 7. The second-order valence-electron chi connectivity index (χ2n) is 9.32. The highest BCUT2D eigenvalue weighted by Gasteiger charge is 2.09. The van der Waals surface area contributed by atoms with Gasteiger partial charge in [0.15, 0.2) is 0 Å². The Balaban J connectivity index is 4.00. The molecule has 214 valence electrons. The lowest BCUT2D eigenvalue weighted by Crippen LogP contribution is -2.33. The molecule has 0 amide bonds. The average molecular weight is 523 g/mol. The zero-order chi connectivity index (χ0) is 27.6. The van der Waals surface area contributed by atoms with Crippen LogP contribution in [0.3, 0.4) is 0 Å². The fraction of sp³-hybridized carbons (Fsp3) is 0.733. The monoisotopic (exact) mass is 522 g/mol. The molecule has 0 aliphatic carbocycles. The topological polar surface area (TPSA) is 79.3 Å². The molecule has 0 rings (SSSR count). The summed E-state index contributed by atoms with van der Waals surface area (Å²) in [6.07, 6.45) is 17.5. The number of allylic oxidation sites excluding steroid dienone is 3. The molecule has 0 heterocycles. The van der Waals surface area contributed by atoms with Gasteiger partial charge in [-0.05, 0) is 70.6 Å². The molecule has 0 aliphatic rings. The predicted octanol–water partition coefficient (Wildman–Crippen LogP) is 5.15. The van der Waals surface area contributed by atoms with Gasteiger partial charge in [0, 0.05) is 19.5 Å². The molecule has 0 saturated carbocycles. The first kappa shape index (κ1) is 35.0. The van der Waals surface area contributed by atoms with Crippen LogP contribution in [0.4, 0.5) is 0 Å². The highest BCUT2D eigenvalue weighted by Crippen LogP contribution is 2.13. The van der Waals surface area contributed by atoms with Gasteiger partial charge in [0.1, 0.15) is 13.2 Å². The first-order chi connectivity index (χ1) is 18.0. The van der Waals surface area contributed by atoms with E-state index < -0.39 is 0 Å². The average Bonchev–Trinajstić information content (AvgIpc) is 2.89. The maximum Gasteiger partial charge on any atom is 0.307 e. The second kappa shape index (κ2) is 25.7. The van der Waals surface area contributed by atoms with Crippen molar-refractivity contribution in [3.8, 4) is 0 Å². The third kappa shape index (κ3) is 21.8. The van der Waals surface area contributed by atoms with E-state index >= 15 is 0 Å². The van der Waals surface area contributed by atoms with Crippen molar-refractivity contribution < 1.29 is 24.2 Å². The summed E-state index contributed by atoms with van der Waals surface area (Å²) in [6, 6.07) is 0. The van der Waals surface area contributed by atoms with Crippen molar-refractivity contribution >= 4 is 11.9 Å². The van der Waals surface area contributed by atoms with Crippen LogP contribution >= 0.6 is 0 Å². The molecule has 0 aromatic carbocycles. The van der Waals surface area contributed by atoms with E-state index in [4.69, 9.17) is 9.47 Å². The Bertz CT molecular complexity index is 629. The van der Waals surface area contributed by atoms with E-state index in [1.54, 1.807) is 0 Å². The van der Waals surface area contributed by atoms with Crippen LogP contribution in [0.15, 0.2) is 37.0 Å². The summed E-state index contributed by atoms with van der Waals surface area (Å²) in [5, 5.41) is 9.17. The van der Waals surface area contributed by atoms with Gasteiger partial charge in [-0.25, -0.2) is 0 Å². The third-order valence-corrected chi connectivity index (χ3v) is 6.21. The molecule has 0 saturated heterocycles. The largest absolute Gasteiger partial charge is 0.461 e. The summed E-state index contributed by atoms with van der Waals surface area (Å²) in [5.74, 6) is 0.0532. The van der Waals surface area contributed by atoms with Crippen molar-refractivity contribution in [3.63, 3.8) is 0 Å². The standard InChI is InChI=1S/C30H54N2O5/c1-5-9-18-29(34)36-26-13-10-11-16-28(7-3)17-12-14-27-37-30(35)19-23-31(8-4)21-15-22-32(20-6-2)24-25-33/h7,10,12-14,28,33H,3,5-6,8-9,11,15-27H2,1-2,4H3/b13-10+,14-12-. The summed E-state index contributed by atoms with van der Waals surface area (Å²) in [7, 11) is 0. The second-order valence-corrected chi connectivity index (χ2v) is 9.32. The number of rotatable bonds is 25. The lowest BCUT2D eigenvalue weighted by molar-refractivity contribution is -0.143. The van der Waals surface area contributed by atoms with Gasteiger partial charge >= 0.3 is 11.9 Å². The molecule has 0 aromatic heterocycles. The first-order valence-corrected chi connectivity index (χ1v) is 14.3. The van der Waals surface area contributed by atoms with Crippen molar-refractivity contribution in [1.82, 2.24) is 9.80 Å². The van der Waals surface area contributed by atoms with Gasteiger partial charge < -0.3 is 24.4 Å². The van der Waals surface area contributed by atoms with Gasteiger partial charge in [0.2, 0.25) is 0 Å². The van der Waals surface area contributed by atoms with Gasteiger partial charge in [-0.15, -0.1) is 6.58 Å². The Kier molecular flexibility index (Phi) is 24.3. The zero-order valence-electron chi connectivity index (χ0n) is 23.9. The summed E-state index contributed by atoms with van der Waals surface area (Å²) >= 11 is 0. The number of ether oxygens (including phenoxy) is 2. The van der Waals surface area contributed by atoms with Gasteiger partial charge in [0.25, 0.3) is 0 Å². The highest BCUT2D eigenvalue weighted by atomic mass is 16.5. The van der Waals surface area contributed by atoms with Gasteiger partial charge in [-0.2, -0.15) is 0 Å². The van der Waals surface area contributed by atoms with Crippen LogP contribution in [0.1, 0.15) is 78.6 Å². The van der Waals surface area contributed by atoms with Crippen molar-refractivity contribution in [2.75, 3.05) is 59.1 Å². The van der Waals surface area contributed by atoms with Crippen molar-refractivity contribution in [3.05, 3.63) is 37.0 Å². The van der Waals surface area contributed by atoms with E-state index in [9.17, 15) is 14.7 Å². The molecular formula is C30H54N2O5. The van der Waals surface area contributed by atoms with Crippen molar-refractivity contribution in [1.29, 1.82) is 0 Å². The third-order valence-electron chi connectivity index (χ3n) is 6.21. The predicted molar refractivity (Wildman–Crippen MR) is 152 cm³/mol. The summed E-state index contributed by atoms with van der Waals surface area (Å²) in [6.45, 7) is 16.3. The van der Waals surface area contributed by atoms with Crippen LogP contribution in [-0.2, 0) is 19.1 Å². The number of hydrogen-bond donors (Lipinski definition) is 1. The first-order valence-electron chi connectivity index (χ1n) is 14.3. The molecule has 0 spiro atoms. The molecule has 1 unspecified atom stereocenters. The van der Waals surface area contributed by atoms with Gasteiger partial charge in [-0.1, -0.05) is 57.6 Å². The van der Waals surface area contributed by atoms with E-state index in [-0.39, 0.29) is 18.5 Å². The van der Waals surface area contributed by atoms with Crippen LogP contribution < -0.4 is 0 Å². The Labute approximate surface area is 226 Å². The van der Waals surface area contributed by atoms with Crippen LogP contribution in [0.25, 0.3) is 0 Å². The van der Waals surface area contributed by atoms with Crippen LogP contribution in [0.5, 0.6) is 0 Å². The molecule has 1 atom stereocenters. The minimum absolute atomic E-state index is 0.131. The smallest absolute Gasteiger partial charge is 0.307 e. The Morgan fingerprint density at radius 3 is 2.11 bits per heavy atom. The lowest BCUT2D eigenvalue weighted by atomic mass is 9.99. The quantitative estimate of drug-likeness (QED) is 0.131. The minimum Gasteiger partial charge on any atom is -0.461 e. The number of aliphatic hydroxyl groups is 1. The van der Waals surface area contributed by atoms with Crippen molar-refractivity contribution in [2.24, 2.45) is 5.92 Å². The number of nitrogens with zero attached hydrogens (tertiary/aromatic N) is 2. The normalized spacial score (nSPS) is 12.6. The maximum atomic E-state index is 12.1. The molecule has 37 heavy (non-hydrogen) atoms. The molecule has 0 aromatic rings. The fourth-order valence-corrected chi connectivity index (χ4v) is 3.90. The van der Waals surface area contributed by atoms with Crippen LogP contribution in [-0.4, -0.2) is 85.9 Å². The van der Waals surface area contributed by atoms with Crippen LogP contribution in [0, 0.1) is 5.92 Å². The van der Waals surface area contributed by atoms with Crippen molar-refractivity contribution in [2.45, 2.75) is 78.6 Å². The summed E-state index contributed by atoms with van der Waals surface area (Å²) < 4.78 is 10.5. The molecule has 0 aliphatic heterocycles. The maximum absolute atomic E-state index is 12.1. The Hall–Kier alpha value is -1.96. The van der Waals surface area contributed by atoms with E-state index in [2.05, 4.69) is 37.1 Å². The molecular weight excluding hydrogens is 468 g/mol. The van der Waals surface area contributed by atoms with E-state index in [1.165, 1.54) is 0 Å².